The summed E-state index contributed by atoms with van der Waals surface area (Å²) in [6.07, 6.45) is 2.99. The van der Waals surface area contributed by atoms with Crippen LogP contribution in [0.15, 0.2) is 35.5 Å². The number of nitrogens with zero attached hydrogens (tertiary/aromatic N) is 4. The molecule has 1 aliphatic heterocycles. The molecule has 1 aliphatic rings. The van der Waals surface area contributed by atoms with Crippen molar-refractivity contribution in [1.29, 1.82) is 0 Å². The number of thioether (sulfide) groups is 1. The van der Waals surface area contributed by atoms with Crippen molar-refractivity contribution in [2.24, 2.45) is 0 Å². The first kappa shape index (κ1) is 16.0. The van der Waals surface area contributed by atoms with Gasteiger partial charge >= 0.3 is 5.97 Å². The molecule has 23 heavy (non-hydrogen) atoms. The summed E-state index contributed by atoms with van der Waals surface area (Å²) < 4.78 is 2.15. The van der Waals surface area contributed by atoms with Crippen LogP contribution in [0.4, 0.5) is 0 Å². The highest BCUT2D eigenvalue weighted by Gasteiger charge is 2.21. The van der Waals surface area contributed by atoms with Crippen molar-refractivity contribution in [2.45, 2.75) is 37.5 Å². The molecule has 0 saturated heterocycles. The van der Waals surface area contributed by atoms with Gasteiger partial charge in [0.2, 0.25) is 0 Å². The average Bonchev–Trinajstić information content (AvgIpc) is 2.98. The molecular weight excluding hydrogens is 312 g/mol. The molecule has 7 heteroatoms. The van der Waals surface area contributed by atoms with Crippen molar-refractivity contribution < 1.29 is 9.90 Å². The minimum Gasteiger partial charge on any atom is -0.481 e. The number of hydrogen-bond acceptors (Lipinski definition) is 5. The number of carboxylic acids is 1. The summed E-state index contributed by atoms with van der Waals surface area (Å²) in [6, 6.07) is 10.1. The van der Waals surface area contributed by atoms with Crippen LogP contribution in [0.25, 0.3) is 11.4 Å². The number of benzene rings is 1. The van der Waals surface area contributed by atoms with Crippen LogP contribution < -0.4 is 0 Å². The number of carbonyl (C=O) groups is 1. The van der Waals surface area contributed by atoms with E-state index in [1.54, 1.807) is 11.8 Å². The summed E-state index contributed by atoms with van der Waals surface area (Å²) in [4.78, 5) is 12.9. The zero-order valence-electron chi connectivity index (χ0n) is 12.9. The maximum atomic E-state index is 10.5. The van der Waals surface area contributed by atoms with Gasteiger partial charge in [0.25, 0.3) is 0 Å². The van der Waals surface area contributed by atoms with Crippen molar-refractivity contribution >= 4 is 17.7 Å². The van der Waals surface area contributed by atoms with E-state index >= 15 is 0 Å². The first-order valence-corrected chi connectivity index (χ1v) is 8.78. The summed E-state index contributed by atoms with van der Waals surface area (Å²) in [5.41, 5.74) is 1.08. The van der Waals surface area contributed by atoms with Crippen molar-refractivity contribution in [3.63, 3.8) is 0 Å². The molecule has 0 aliphatic carbocycles. The minimum absolute atomic E-state index is 0.266. The van der Waals surface area contributed by atoms with Crippen molar-refractivity contribution in [1.82, 2.24) is 19.7 Å². The number of aromatic nitrogens is 3. The van der Waals surface area contributed by atoms with E-state index in [0.29, 0.717) is 0 Å². The van der Waals surface area contributed by atoms with Gasteiger partial charge in [-0.1, -0.05) is 48.5 Å². The zero-order valence-corrected chi connectivity index (χ0v) is 13.7. The average molecular weight is 332 g/mol. The number of rotatable bonds is 7. The van der Waals surface area contributed by atoms with Gasteiger partial charge in [0.15, 0.2) is 11.0 Å². The molecule has 0 amide bonds. The number of unbranched alkanes of at least 4 members (excludes halogenated alkanes) is 2. The van der Waals surface area contributed by atoms with Crippen LogP contribution in [-0.2, 0) is 11.5 Å². The summed E-state index contributed by atoms with van der Waals surface area (Å²) in [6.45, 7) is 1.76. The van der Waals surface area contributed by atoms with E-state index < -0.39 is 5.97 Å². The Labute approximate surface area is 139 Å². The molecule has 0 radical (unpaired) electrons. The van der Waals surface area contributed by atoms with E-state index in [4.69, 9.17) is 5.11 Å². The lowest BCUT2D eigenvalue weighted by molar-refractivity contribution is -0.137. The molecule has 1 aromatic heterocycles. The van der Waals surface area contributed by atoms with Gasteiger partial charge in [-0.05, 0) is 12.8 Å². The molecule has 2 aromatic rings. The summed E-state index contributed by atoms with van der Waals surface area (Å²) in [5.74, 6) is 1.11. The van der Waals surface area contributed by atoms with E-state index in [0.717, 1.165) is 54.9 Å². The van der Waals surface area contributed by atoms with Gasteiger partial charge in [-0.3, -0.25) is 14.3 Å². The van der Waals surface area contributed by atoms with Gasteiger partial charge in [-0.2, -0.15) is 0 Å². The predicted molar refractivity (Wildman–Crippen MR) is 89.0 cm³/mol. The molecule has 122 valence electrons. The Morgan fingerprint density at radius 2 is 2.00 bits per heavy atom. The fourth-order valence-electron chi connectivity index (χ4n) is 2.64. The maximum absolute atomic E-state index is 10.5. The van der Waals surface area contributed by atoms with Gasteiger partial charge in [-0.25, -0.2) is 0 Å². The summed E-state index contributed by atoms with van der Waals surface area (Å²) in [5, 5.41) is 18.2. The highest BCUT2D eigenvalue weighted by molar-refractivity contribution is 7.99. The molecule has 0 fully saturated rings. The van der Waals surface area contributed by atoms with E-state index in [1.807, 2.05) is 30.3 Å². The first-order chi connectivity index (χ1) is 11.2. The fourth-order valence-corrected chi connectivity index (χ4v) is 3.54. The molecule has 0 bridgehead atoms. The van der Waals surface area contributed by atoms with Gasteiger partial charge in [0.1, 0.15) is 0 Å². The Morgan fingerprint density at radius 1 is 1.17 bits per heavy atom. The summed E-state index contributed by atoms with van der Waals surface area (Å²) >= 11 is 1.70. The molecule has 0 unspecified atom stereocenters. The van der Waals surface area contributed by atoms with Gasteiger partial charge in [0, 0.05) is 18.5 Å². The second-order valence-corrected chi connectivity index (χ2v) is 6.53. The van der Waals surface area contributed by atoms with Crippen LogP contribution in [0.3, 0.4) is 0 Å². The lowest BCUT2D eigenvalue weighted by Gasteiger charge is -2.27. The van der Waals surface area contributed by atoms with E-state index in [2.05, 4.69) is 19.7 Å². The van der Waals surface area contributed by atoms with Crippen LogP contribution in [0.2, 0.25) is 0 Å². The topological polar surface area (TPSA) is 71.2 Å². The van der Waals surface area contributed by atoms with Gasteiger partial charge in [0.05, 0.1) is 12.5 Å². The molecule has 0 spiro atoms. The SMILES string of the molecule is O=C(O)CCCCCN1CSc2nnc(-c3ccccc3)n2C1. The monoisotopic (exact) mass is 332 g/mol. The molecule has 6 nitrogen and oxygen atoms in total. The van der Waals surface area contributed by atoms with Crippen molar-refractivity contribution in [3.8, 4) is 11.4 Å². The van der Waals surface area contributed by atoms with Crippen LogP contribution in [0.1, 0.15) is 25.7 Å². The second-order valence-electron chi connectivity index (χ2n) is 5.61. The Hall–Kier alpha value is -1.86. The molecule has 1 aromatic carbocycles. The van der Waals surface area contributed by atoms with Crippen molar-refractivity contribution in [3.05, 3.63) is 30.3 Å². The highest BCUT2D eigenvalue weighted by atomic mass is 32.2. The molecule has 0 saturated carbocycles. The number of hydrogen-bond donors (Lipinski definition) is 1. The standard InChI is InChI=1S/C16H20N4O2S/c21-14(22)9-5-2-6-10-19-11-20-15(13-7-3-1-4-8-13)17-18-16(20)23-12-19/h1,3-4,7-8H,2,5-6,9-12H2,(H,21,22). The second kappa shape index (κ2) is 7.61. The minimum atomic E-state index is -0.708. The third-order valence-electron chi connectivity index (χ3n) is 3.83. The number of fused-ring (bicyclic) bond motifs is 1. The Morgan fingerprint density at radius 3 is 2.78 bits per heavy atom. The largest absolute Gasteiger partial charge is 0.481 e. The highest BCUT2D eigenvalue weighted by Crippen LogP contribution is 2.28. The van der Waals surface area contributed by atoms with Crippen LogP contribution in [0.5, 0.6) is 0 Å². The van der Waals surface area contributed by atoms with Crippen LogP contribution in [-0.4, -0.2) is 43.2 Å². The normalized spacial score (nSPS) is 14.6. The predicted octanol–water partition coefficient (Wildman–Crippen LogP) is 2.91. The van der Waals surface area contributed by atoms with Gasteiger partial charge < -0.3 is 5.11 Å². The van der Waals surface area contributed by atoms with Crippen LogP contribution in [0, 0.1) is 0 Å². The Kier molecular flexibility index (Phi) is 5.30. The summed E-state index contributed by atoms with van der Waals surface area (Å²) in [7, 11) is 0. The zero-order chi connectivity index (χ0) is 16.1. The Bertz CT molecular complexity index is 659. The number of carboxylic acid groups (broad SMARTS) is 1. The first-order valence-electron chi connectivity index (χ1n) is 7.79. The fraction of sp³-hybridized carbons (Fsp3) is 0.438. The third kappa shape index (κ3) is 4.11. The molecule has 0 atom stereocenters. The Balaban J connectivity index is 1.58. The lowest BCUT2D eigenvalue weighted by atomic mass is 10.2. The van der Waals surface area contributed by atoms with Gasteiger partial charge in [-0.15, -0.1) is 10.2 Å². The number of aliphatic carboxylic acids is 1. The van der Waals surface area contributed by atoms with E-state index in [1.165, 1.54) is 0 Å². The molecule has 1 N–H and O–H groups in total. The molecule has 3 rings (SSSR count). The maximum Gasteiger partial charge on any atom is 0.303 e. The van der Waals surface area contributed by atoms with E-state index in [9.17, 15) is 4.79 Å². The molecule has 2 heterocycles. The third-order valence-corrected chi connectivity index (χ3v) is 4.89. The smallest absolute Gasteiger partial charge is 0.303 e. The van der Waals surface area contributed by atoms with Crippen LogP contribution >= 0.6 is 11.8 Å². The molecular formula is C16H20N4O2S. The van der Waals surface area contributed by atoms with Crippen molar-refractivity contribution in [2.75, 3.05) is 12.4 Å². The van der Waals surface area contributed by atoms with E-state index in [-0.39, 0.29) is 6.42 Å². The quantitative estimate of drug-likeness (QED) is 0.786. The lowest BCUT2D eigenvalue weighted by Crippen LogP contribution is -2.31.